The van der Waals surface area contributed by atoms with Gasteiger partial charge in [-0.05, 0) is 37.7 Å². The van der Waals surface area contributed by atoms with Gasteiger partial charge >= 0.3 is 6.03 Å². The second-order valence-electron chi connectivity index (χ2n) is 9.37. The van der Waals surface area contributed by atoms with E-state index >= 15 is 0 Å². The Morgan fingerprint density at radius 2 is 1.73 bits per heavy atom. The maximum atomic E-state index is 13.0. The van der Waals surface area contributed by atoms with Crippen LogP contribution in [0.15, 0.2) is 30.3 Å². The lowest BCUT2D eigenvalue weighted by Gasteiger charge is -2.43. The van der Waals surface area contributed by atoms with Crippen LogP contribution in [-0.4, -0.2) is 81.5 Å². The fourth-order valence-electron chi connectivity index (χ4n) is 5.17. The molecule has 2 atom stereocenters. The van der Waals surface area contributed by atoms with Crippen LogP contribution in [0.5, 0.6) is 0 Å². The number of benzene rings is 1. The summed E-state index contributed by atoms with van der Waals surface area (Å²) < 4.78 is 11.1. The molecule has 2 heterocycles. The van der Waals surface area contributed by atoms with Gasteiger partial charge in [0.2, 0.25) is 0 Å². The first kappa shape index (κ1) is 21.6. The molecule has 1 saturated carbocycles. The van der Waals surface area contributed by atoms with Gasteiger partial charge in [0.25, 0.3) is 0 Å². The van der Waals surface area contributed by atoms with E-state index in [1.807, 2.05) is 9.80 Å². The van der Waals surface area contributed by atoms with Crippen LogP contribution in [0.25, 0.3) is 0 Å². The quantitative estimate of drug-likeness (QED) is 0.744. The molecule has 2 saturated heterocycles. The third-order valence-electron chi connectivity index (χ3n) is 7.35. The van der Waals surface area contributed by atoms with Crippen LogP contribution in [0.3, 0.4) is 0 Å². The molecule has 2 aliphatic heterocycles. The molecule has 4 rings (SSSR count). The predicted molar refractivity (Wildman–Crippen MR) is 118 cm³/mol. The highest BCUT2D eigenvalue weighted by Gasteiger charge is 2.42. The summed E-state index contributed by atoms with van der Waals surface area (Å²) in [5.74, 6) is 0.641. The largest absolute Gasteiger partial charge is 0.384 e. The third-order valence-corrected chi connectivity index (χ3v) is 7.35. The highest BCUT2D eigenvalue weighted by Crippen LogP contribution is 2.42. The molecule has 6 heteroatoms. The summed E-state index contributed by atoms with van der Waals surface area (Å²) in [5.41, 5.74) is 1.56. The van der Waals surface area contributed by atoms with Crippen molar-refractivity contribution in [1.29, 1.82) is 0 Å². The van der Waals surface area contributed by atoms with E-state index in [-0.39, 0.29) is 11.4 Å². The van der Waals surface area contributed by atoms with Gasteiger partial charge in [-0.25, -0.2) is 4.79 Å². The van der Waals surface area contributed by atoms with Gasteiger partial charge in [-0.15, -0.1) is 0 Å². The summed E-state index contributed by atoms with van der Waals surface area (Å²) in [4.78, 5) is 17.0. The van der Waals surface area contributed by atoms with Gasteiger partial charge in [-0.2, -0.15) is 0 Å². The molecule has 166 valence electrons. The summed E-state index contributed by atoms with van der Waals surface area (Å²) in [7, 11) is 3.56. The number of urea groups is 1. The van der Waals surface area contributed by atoms with Crippen molar-refractivity contribution in [2.45, 2.75) is 50.2 Å². The van der Waals surface area contributed by atoms with Gasteiger partial charge in [-0.1, -0.05) is 30.3 Å². The van der Waals surface area contributed by atoms with Gasteiger partial charge in [0.1, 0.15) is 0 Å². The Hall–Kier alpha value is -1.63. The number of hydrogen-bond donors (Lipinski definition) is 1. The molecule has 0 spiro atoms. The van der Waals surface area contributed by atoms with Crippen molar-refractivity contribution in [2.24, 2.45) is 5.41 Å². The van der Waals surface area contributed by atoms with Crippen LogP contribution in [-0.2, 0) is 9.47 Å². The van der Waals surface area contributed by atoms with E-state index in [9.17, 15) is 4.79 Å². The van der Waals surface area contributed by atoms with Crippen molar-refractivity contribution >= 4 is 6.03 Å². The Morgan fingerprint density at radius 1 is 1.07 bits per heavy atom. The number of piperidine rings is 2. The van der Waals surface area contributed by atoms with E-state index in [1.54, 1.807) is 14.2 Å². The molecule has 6 nitrogen and oxygen atoms in total. The van der Waals surface area contributed by atoms with Crippen LogP contribution in [0.4, 0.5) is 4.79 Å². The minimum absolute atomic E-state index is 0.123. The fourth-order valence-corrected chi connectivity index (χ4v) is 5.17. The first-order chi connectivity index (χ1) is 14.6. The number of carbonyl (C=O) groups is 1. The van der Waals surface area contributed by atoms with E-state index in [2.05, 4.69) is 35.6 Å². The van der Waals surface area contributed by atoms with Crippen molar-refractivity contribution < 1.29 is 14.3 Å². The van der Waals surface area contributed by atoms with E-state index in [0.717, 1.165) is 65.0 Å². The monoisotopic (exact) mass is 415 g/mol. The average Bonchev–Trinajstić information content (AvgIpc) is 3.59. The highest BCUT2D eigenvalue weighted by atomic mass is 16.5. The summed E-state index contributed by atoms with van der Waals surface area (Å²) in [6.45, 7) is 4.98. The first-order valence-electron chi connectivity index (χ1n) is 11.5. The standard InChI is InChI=1S/C24H37N3O3/c1-29-18-24(17-25-22-16-21(22)19-6-4-3-5-7-19)10-14-27(15-11-24)23(28)26-12-8-20(30-2)9-13-26/h3-7,20-22,25H,8-18H2,1-2H3. The van der Waals surface area contributed by atoms with Crippen molar-refractivity contribution in [3.8, 4) is 0 Å². The summed E-state index contributed by atoms with van der Waals surface area (Å²) >= 11 is 0. The van der Waals surface area contributed by atoms with E-state index in [0.29, 0.717) is 18.1 Å². The second kappa shape index (κ2) is 9.67. The molecule has 1 aromatic rings. The number of rotatable bonds is 7. The minimum Gasteiger partial charge on any atom is -0.384 e. The molecule has 1 aliphatic carbocycles. The minimum atomic E-state index is 0.123. The zero-order chi connectivity index (χ0) is 21.0. The van der Waals surface area contributed by atoms with Gasteiger partial charge in [-0.3, -0.25) is 0 Å². The summed E-state index contributed by atoms with van der Waals surface area (Å²) in [6.07, 6.45) is 5.40. The smallest absolute Gasteiger partial charge is 0.320 e. The molecule has 1 aromatic carbocycles. The molecule has 2 amide bonds. The molecule has 30 heavy (non-hydrogen) atoms. The van der Waals surface area contributed by atoms with Crippen LogP contribution in [0.1, 0.15) is 43.6 Å². The lowest BCUT2D eigenvalue weighted by atomic mass is 9.79. The van der Waals surface area contributed by atoms with Crippen molar-refractivity contribution in [3.63, 3.8) is 0 Å². The predicted octanol–water partition coefficient (Wildman–Crippen LogP) is 3.09. The number of methoxy groups -OCH3 is 2. The van der Waals surface area contributed by atoms with E-state index < -0.39 is 0 Å². The van der Waals surface area contributed by atoms with Crippen LogP contribution >= 0.6 is 0 Å². The molecule has 0 radical (unpaired) electrons. The molecule has 0 aromatic heterocycles. The van der Waals surface area contributed by atoms with Crippen molar-refractivity contribution in [3.05, 3.63) is 35.9 Å². The Morgan fingerprint density at radius 3 is 2.37 bits per heavy atom. The number of amides is 2. The van der Waals surface area contributed by atoms with Crippen molar-refractivity contribution in [2.75, 3.05) is 53.6 Å². The van der Waals surface area contributed by atoms with Gasteiger partial charge in [0.15, 0.2) is 0 Å². The molecule has 3 aliphatic rings. The van der Waals surface area contributed by atoms with Gasteiger partial charge in [0, 0.05) is 64.3 Å². The summed E-state index contributed by atoms with van der Waals surface area (Å²) in [5, 5.41) is 3.81. The fraction of sp³-hybridized carbons (Fsp3) is 0.708. The molecular formula is C24H37N3O3. The van der Waals surface area contributed by atoms with Crippen LogP contribution < -0.4 is 5.32 Å². The Bertz CT molecular complexity index is 682. The maximum Gasteiger partial charge on any atom is 0.320 e. The Balaban J connectivity index is 1.26. The lowest BCUT2D eigenvalue weighted by molar-refractivity contribution is 0.0174. The lowest BCUT2D eigenvalue weighted by Crippen LogP contribution is -2.54. The topological polar surface area (TPSA) is 54.0 Å². The summed E-state index contributed by atoms with van der Waals surface area (Å²) in [6, 6.07) is 11.6. The molecule has 3 fully saturated rings. The third kappa shape index (κ3) is 4.98. The number of carbonyl (C=O) groups excluding carboxylic acids is 1. The molecular weight excluding hydrogens is 378 g/mol. The average molecular weight is 416 g/mol. The Kier molecular flexibility index (Phi) is 6.96. The Labute approximate surface area is 180 Å². The highest BCUT2D eigenvalue weighted by molar-refractivity contribution is 5.74. The zero-order valence-electron chi connectivity index (χ0n) is 18.5. The number of ether oxygens (including phenoxy) is 2. The van der Waals surface area contributed by atoms with Crippen LogP contribution in [0, 0.1) is 5.41 Å². The van der Waals surface area contributed by atoms with Crippen molar-refractivity contribution in [1.82, 2.24) is 15.1 Å². The second-order valence-corrected chi connectivity index (χ2v) is 9.37. The zero-order valence-corrected chi connectivity index (χ0v) is 18.5. The maximum absolute atomic E-state index is 13.0. The van der Waals surface area contributed by atoms with E-state index in [4.69, 9.17) is 9.47 Å². The van der Waals surface area contributed by atoms with Gasteiger partial charge in [0.05, 0.1) is 12.7 Å². The SMILES string of the molecule is COCC1(CNC2CC2c2ccccc2)CCN(C(=O)N2CCC(OC)CC2)CC1. The number of hydrogen-bond acceptors (Lipinski definition) is 4. The number of nitrogens with one attached hydrogen (secondary N) is 1. The number of likely N-dealkylation sites (tertiary alicyclic amines) is 2. The molecule has 0 bridgehead atoms. The van der Waals surface area contributed by atoms with Crippen LogP contribution in [0.2, 0.25) is 0 Å². The van der Waals surface area contributed by atoms with Gasteiger partial charge < -0.3 is 24.6 Å². The molecule has 1 N–H and O–H groups in total. The normalized spacial score (nSPS) is 26.6. The molecule has 2 unspecified atom stereocenters. The van der Waals surface area contributed by atoms with E-state index in [1.165, 1.54) is 12.0 Å². The first-order valence-corrected chi connectivity index (χ1v) is 11.5. The number of nitrogens with zero attached hydrogens (tertiary/aromatic N) is 2.